The first-order chi connectivity index (χ1) is 9.08. The van der Waals surface area contributed by atoms with Crippen LogP contribution in [0, 0.1) is 11.6 Å². The van der Waals surface area contributed by atoms with E-state index in [9.17, 15) is 8.78 Å². The molecule has 1 aliphatic heterocycles. The quantitative estimate of drug-likeness (QED) is 0.787. The van der Waals surface area contributed by atoms with Crippen molar-refractivity contribution in [1.82, 2.24) is 4.90 Å². The maximum Gasteiger partial charge on any atom is 0.173 e. The van der Waals surface area contributed by atoms with Gasteiger partial charge in [0.25, 0.3) is 0 Å². The van der Waals surface area contributed by atoms with E-state index in [0.717, 1.165) is 25.5 Å². The van der Waals surface area contributed by atoms with Gasteiger partial charge in [-0.3, -0.25) is 0 Å². The molecular formula is C14H18F2N2S. The van der Waals surface area contributed by atoms with Crippen LogP contribution in [0.1, 0.15) is 32.6 Å². The lowest BCUT2D eigenvalue weighted by molar-refractivity contribution is 0.341. The first-order valence-electron chi connectivity index (χ1n) is 6.60. The van der Waals surface area contributed by atoms with Crippen LogP contribution in [0.3, 0.4) is 0 Å². The number of nitrogens with one attached hydrogen (secondary N) is 1. The molecule has 1 atom stereocenters. The minimum atomic E-state index is -0.621. The van der Waals surface area contributed by atoms with Crippen LogP contribution in [0.2, 0.25) is 0 Å². The first kappa shape index (κ1) is 14.2. The molecule has 0 aromatic heterocycles. The normalized spacial score (nSPS) is 19.9. The Morgan fingerprint density at radius 3 is 2.84 bits per heavy atom. The van der Waals surface area contributed by atoms with Gasteiger partial charge in [0.05, 0.1) is 5.69 Å². The molecule has 1 fully saturated rings. The van der Waals surface area contributed by atoms with E-state index in [1.54, 1.807) is 0 Å². The SMILES string of the molecule is CC1CCCCCN1C(=S)Nc1ccc(F)cc1F. The number of hydrogen-bond acceptors (Lipinski definition) is 1. The molecule has 0 saturated carbocycles. The Balaban J connectivity index is 2.07. The first-order valence-corrected chi connectivity index (χ1v) is 7.01. The van der Waals surface area contributed by atoms with Gasteiger partial charge in [-0.1, -0.05) is 12.8 Å². The molecule has 1 aromatic carbocycles. The van der Waals surface area contributed by atoms with Gasteiger partial charge in [-0.05, 0) is 44.1 Å². The number of nitrogens with zero attached hydrogens (tertiary/aromatic N) is 1. The van der Waals surface area contributed by atoms with E-state index in [2.05, 4.69) is 17.1 Å². The second kappa shape index (κ2) is 6.28. The van der Waals surface area contributed by atoms with Gasteiger partial charge in [-0.15, -0.1) is 0 Å². The van der Waals surface area contributed by atoms with Crippen molar-refractivity contribution in [3.63, 3.8) is 0 Å². The number of halogens is 2. The lowest BCUT2D eigenvalue weighted by Crippen LogP contribution is -2.41. The van der Waals surface area contributed by atoms with Gasteiger partial charge < -0.3 is 10.2 Å². The Bertz CT molecular complexity index is 465. The lowest BCUT2D eigenvalue weighted by atomic mass is 10.1. The summed E-state index contributed by atoms with van der Waals surface area (Å²) in [6.07, 6.45) is 4.59. The molecule has 19 heavy (non-hydrogen) atoms. The Morgan fingerprint density at radius 2 is 2.11 bits per heavy atom. The molecule has 0 amide bonds. The summed E-state index contributed by atoms with van der Waals surface area (Å²) in [6, 6.07) is 3.81. The van der Waals surface area contributed by atoms with Crippen molar-refractivity contribution in [3.8, 4) is 0 Å². The van der Waals surface area contributed by atoms with Crippen LogP contribution in [0.15, 0.2) is 18.2 Å². The fraction of sp³-hybridized carbons (Fsp3) is 0.500. The van der Waals surface area contributed by atoms with Crippen LogP contribution in [0.25, 0.3) is 0 Å². The summed E-state index contributed by atoms with van der Waals surface area (Å²) in [5.74, 6) is -1.21. The van der Waals surface area contributed by atoms with E-state index >= 15 is 0 Å². The van der Waals surface area contributed by atoms with Crippen molar-refractivity contribution < 1.29 is 8.78 Å². The van der Waals surface area contributed by atoms with Gasteiger partial charge in [0.1, 0.15) is 11.6 Å². The van der Waals surface area contributed by atoms with E-state index in [0.29, 0.717) is 11.2 Å². The molecule has 0 aliphatic carbocycles. The molecular weight excluding hydrogens is 266 g/mol. The highest BCUT2D eigenvalue weighted by atomic mass is 32.1. The minimum Gasteiger partial charge on any atom is -0.346 e. The molecule has 2 rings (SSSR count). The highest BCUT2D eigenvalue weighted by molar-refractivity contribution is 7.80. The van der Waals surface area contributed by atoms with Crippen molar-refractivity contribution in [2.45, 2.75) is 38.6 Å². The molecule has 2 nitrogen and oxygen atoms in total. The minimum absolute atomic E-state index is 0.225. The number of rotatable bonds is 1. The van der Waals surface area contributed by atoms with E-state index in [4.69, 9.17) is 12.2 Å². The fourth-order valence-corrected chi connectivity index (χ4v) is 2.74. The third-order valence-corrected chi connectivity index (χ3v) is 3.82. The third kappa shape index (κ3) is 3.62. The molecule has 0 spiro atoms. The molecule has 1 aromatic rings. The summed E-state index contributed by atoms with van der Waals surface area (Å²) < 4.78 is 26.4. The number of benzene rings is 1. The number of hydrogen-bond donors (Lipinski definition) is 1. The number of anilines is 1. The second-order valence-corrected chi connectivity index (χ2v) is 5.33. The van der Waals surface area contributed by atoms with Gasteiger partial charge in [0.2, 0.25) is 0 Å². The third-order valence-electron chi connectivity index (χ3n) is 3.49. The van der Waals surface area contributed by atoms with E-state index in [1.165, 1.54) is 25.0 Å². The second-order valence-electron chi connectivity index (χ2n) is 4.95. The Labute approximate surface area is 117 Å². The van der Waals surface area contributed by atoms with Crippen molar-refractivity contribution >= 4 is 23.0 Å². The van der Waals surface area contributed by atoms with E-state index in [1.807, 2.05) is 0 Å². The zero-order valence-corrected chi connectivity index (χ0v) is 11.8. The van der Waals surface area contributed by atoms with Crippen LogP contribution in [0.5, 0.6) is 0 Å². The van der Waals surface area contributed by atoms with Gasteiger partial charge in [-0.25, -0.2) is 8.78 Å². The standard InChI is InChI=1S/C14H18F2N2S/c1-10-5-3-2-4-8-18(10)14(19)17-13-7-6-11(15)9-12(13)16/h6-7,9-10H,2-5,8H2,1H3,(H,17,19). The average molecular weight is 284 g/mol. The molecule has 1 heterocycles. The van der Waals surface area contributed by atoms with Gasteiger partial charge >= 0.3 is 0 Å². The van der Waals surface area contributed by atoms with Crippen LogP contribution in [0.4, 0.5) is 14.5 Å². The van der Waals surface area contributed by atoms with Crippen molar-refractivity contribution in [2.75, 3.05) is 11.9 Å². The van der Waals surface area contributed by atoms with Crippen LogP contribution < -0.4 is 5.32 Å². The zero-order chi connectivity index (χ0) is 13.8. The highest BCUT2D eigenvalue weighted by Crippen LogP contribution is 2.20. The van der Waals surface area contributed by atoms with E-state index < -0.39 is 11.6 Å². The molecule has 1 aliphatic rings. The van der Waals surface area contributed by atoms with Gasteiger partial charge in [0.15, 0.2) is 5.11 Å². The largest absolute Gasteiger partial charge is 0.346 e. The van der Waals surface area contributed by atoms with Crippen LogP contribution in [-0.2, 0) is 0 Å². The smallest absolute Gasteiger partial charge is 0.173 e. The molecule has 0 radical (unpaired) electrons. The molecule has 0 bridgehead atoms. The predicted molar refractivity (Wildman–Crippen MR) is 77.2 cm³/mol. The Morgan fingerprint density at radius 1 is 1.32 bits per heavy atom. The predicted octanol–water partition coefficient (Wildman–Crippen LogP) is 3.93. The van der Waals surface area contributed by atoms with Crippen molar-refractivity contribution in [2.24, 2.45) is 0 Å². The lowest BCUT2D eigenvalue weighted by Gasteiger charge is -2.30. The van der Waals surface area contributed by atoms with Gasteiger partial charge in [-0.2, -0.15) is 0 Å². The van der Waals surface area contributed by atoms with Crippen LogP contribution in [-0.4, -0.2) is 22.6 Å². The van der Waals surface area contributed by atoms with Crippen LogP contribution >= 0.6 is 12.2 Å². The topological polar surface area (TPSA) is 15.3 Å². The number of likely N-dealkylation sites (tertiary alicyclic amines) is 1. The summed E-state index contributed by atoms with van der Waals surface area (Å²) in [5, 5.41) is 3.39. The molecule has 1 unspecified atom stereocenters. The summed E-state index contributed by atoms with van der Waals surface area (Å²) in [7, 11) is 0. The summed E-state index contributed by atoms with van der Waals surface area (Å²) in [6.45, 7) is 3.01. The zero-order valence-electron chi connectivity index (χ0n) is 11.0. The Hall–Kier alpha value is -1.23. The fourth-order valence-electron chi connectivity index (χ4n) is 2.35. The number of thiocarbonyl (C=S) groups is 1. The molecule has 104 valence electrons. The highest BCUT2D eigenvalue weighted by Gasteiger charge is 2.20. The molecule has 5 heteroatoms. The van der Waals surface area contributed by atoms with Crippen molar-refractivity contribution in [3.05, 3.63) is 29.8 Å². The summed E-state index contributed by atoms with van der Waals surface area (Å²) >= 11 is 5.34. The maximum atomic E-state index is 13.6. The van der Waals surface area contributed by atoms with Crippen molar-refractivity contribution in [1.29, 1.82) is 0 Å². The average Bonchev–Trinajstić information content (AvgIpc) is 2.57. The van der Waals surface area contributed by atoms with Gasteiger partial charge in [0, 0.05) is 18.7 Å². The summed E-state index contributed by atoms with van der Waals surface area (Å²) in [5.41, 5.74) is 0.225. The van der Waals surface area contributed by atoms with E-state index in [-0.39, 0.29) is 5.69 Å². The Kier molecular flexibility index (Phi) is 4.69. The maximum absolute atomic E-state index is 13.6. The molecule has 1 N–H and O–H groups in total. The summed E-state index contributed by atoms with van der Waals surface area (Å²) in [4.78, 5) is 2.09. The molecule has 1 saturated heterocycles. The monoisotopic (exact) mass is 284 g/mol.